The minimum atomic E-state index is 0.668. The summed E-state index contributed by atoms with van der Waals surface area (Å²) < 4.78 is 5.01. The number of benzene rings is 1. The molecule has 1 aromatic carbocycles. The lowest BCUT2D eigenvalue weighted by atomic mass is 10.2. The smallest absolute Gasteiger partial charge is 0.174 e. The van der Waals surface area contributed by atoms with Crippen molar-refractivity contribution in [1.29, 1.82) is 5.26 Å². The van der Waals surface area contributed by atoms with Crippen LogP contribution in [-0.2, 0) is 0 Å². The third-order valence-corrected chi connectivity index (χ3v) is 3.51. The summed E-state index contributed by atoms with van der Waals surface area (Å²) in [6, 6.07) is 9.58. The molecule has 2 aromatic rings. The molecule has 0 aliphatic carbocycles. The van der Waals surface area contributed by atoms with Gasteiger partial charge >= 0.3 is 0 Å². The number of nitriles is 1. The number of nitrogens with zero attached hydrogens (tertiary/aromatic N) is 3. The fraction of sp³-hybridized carbons (Fsp3) is 0.100. The Hall–Kier alpha value is -1.38. The summed E-state index contributed by atoms with van der Waals surface area (Å²) in [5, 5.41) is 8.75. The molecule has 3 nitrogen and oxygen atoms in total. The summed E-state index contributed by atoms with van der Waals surface area (Å²) in [5.41, 5.74) is 0.668. The molecule has 0 fully saturated rings. The largest absolute Gasteiger partial charge is 0.213 e. The normalized spacial score (nSPS) is 9.87. The first-order valence-corrected chi connectivity index (χ1v) is 5.85. The molecule has 0 spiro atoms. The van der Waals surface area contributed by atoms with Gasteiger partial charge < -0.3 is 0 Å². The number of hydrogen-bond donors (Lipinski definition) is 0. The first kappa shape index (κ1) is 10.1. The first-order chi connectivity index (χ1) is 7.28. The Morgan fingerprint density at radius 1 is 1.47 bits per heavy atom. The molecule has 0 radical (unpaired) electrons. The van der Waals surface area contributed by atoms with Gasteiger partial charge in [0.2, 0.25) is 0 Å². The highest BCUT2D eigenvalue weighted by molar-refractivity contribution is 8.01. The summed E-state index contributed by atoms with van der Waals surface area (Å²) in [4.78, 5) is 5.27. The molecule has 5 heteroatoms. The Morgan fingerprint density at radius 2 is 2.33 bits per heavy atom. The van der Waals surface area contributed by atoms with Gasteiger partial charge in [-0.05, 0) is 36.7 Å². The molecule has 2 rings (SSSR count). The van der Waals surface area contributed by atoms with E-state index < -0.39 is 0 Å². The fourth-order valence-electron chi connectivity index (χ4n) is 1.05. The maximum Gasteiger partial charge on any atom is 0.174 e. The summed E-state index contributed by atoms with van der Waals surface area (Å²) in [5.74, 6) is 0.791. The van der Waals surface area contributed by atoms with Gasteiger partial charge in [-0.15, -0.1) is 0 Å². The van der Waals surface area contributed by atoms with Crippen molar-refractivity contribution in [3.63, 3.8) is 0 Å². The van der Waals surface area contributed by atoms with Crippen LogP contribution in [0.15, 0.2) is 33.5 Å². The van der Waals surface area contributed by atoms with Crippen molar-refractivity contribution in [1.82, 2.24) is 9.36 Å². The molecule has 0 aliphatic rings. The van der Waals surface area contributed by atoms with Crippen LogP contribution < -0.4 is 0 Å². The number of aryl methyl sites for hydroxylation is 1. The molecular weight excluding hydrogens is 226 g/mol. The Morgan fingerprint density at radius 3 is 3.00 bits per heavy atom. The van der Waals surface area contributed by atoms with Gasteiger partial charge in [-0.3, -0.25) is 0 Å². The lowest BCUT2D eigenvalue weighted by Crippen LogP contribution is -1.76. The van der Waals surface area contributed by atoms with Crippen LogP contribution in [0.2, 0.25) is 0 Å². The summed E-state index contributed by atoms with van der Waals surface area (Å²) in [6.07, 6.45) is 0. The van der Waals surface area contributed by atoms with Gasteiger partial charge in [-0.2, -0.15) is 9.64 Å². The Kier molecular flexibility index (Phi) is 2.99. The highest BCUT2D eigenvalue weighted by Gasteiger charge is 2.03. The van der Waals surface area contributed by atoms with Crippen molar-refractivity contribution in [2.45, 2.75) is 16.2 Å². The number of hydrogen-bond acceptors (Lipinski definition) is 5. The molecule has 15 heavy (non-hydrogen) atoms. The molecule has 1 heterocycles. The third-order valence-electron chi connectivity index (χ3n) is 1.68. The molecule has 0 amide bonds. The van der Waals surface area contributed by atoms with E-state index in [4.69, 9.17) is 5.26 Å². The van der Waals surface area contributed by atoms with Crippen LogP contribution in [0.25, 0.3) is 0 Å². The predicted octanol–water partition coefficient (Wildman–Crippen LogP) is 2.87. The fourth-order valence-corrected chi connectivity index (χ4v) is 2.73. The second-order valence-corrected chi connectivity index (χ2v) is 4.92. The molecule has 0 bridgehead atoms. The molecule has 0 N–H and O–H groups in total. The van der Waals surface area contributed by atoms with Crippen molar-refractivity contribution >= 4 is 23.3 Å². The van der Waals surface area contributed by atoms with Crippen molar-refractivity contribution in [2.75, 3.05) is 0 Å². The van der Waals surface area contributed by atoms with Gasteiger partial charge in [-0.25, -0.2) is 4.98 Å². The molecule has 0 unspecified atom stereocenters. The highest BCUT2D eigenvalue weighted by atomic mass is 32.2. The van der Waals surface area contributed by atoms with E-state index in [1.165, 1.54) is 23.3 Å². The second kappa shape index (κ2) is 4.43. The van der Waals surface area contributed by atoms with Gasteiger partial charge in [0, 0.05) is 4.90 Å². The minimum Gasteiger partial charge on any atom is -0.213 e. The van der Waals surface area contributed by atoms with E-state index in [0.29, 0.717) is 5.56 Å². The van der Waals surface area contributed by atoms with E-state index in [9.17, 15) is 0 Å². The monoisotopic (exact) mass is 233 g/mol. The topological polar surface area (TPSA) is 49.6 Å². The average Bonchev–Trinajstić information content (AvgIpc) is 2.64. The van der Waals surface area contributed by atoms with Crippen LogP contribution in [0.1, 0.15) is 11.4 Å². The Bertz CT molecular complexity index is 513. The van der Waals surface area contributed by atoms with Gasteiger partial charge in [0.1, 0.15) is 5.82 Å². The number of aromatic nitrogens is 2. The number of rotatable bonds is 2. The van der Waals surface area contributed by atoms with E-state index in [1.807, 2.05) is 25.1 Å². The average molecular weight is 233 g/mol. The quantitative estimate of drug-likeness (QED) is 0.800. The van der Waals surface area contributed by atoms with E-state index >= 15 is 0 Å². The van der Waals surface area contributed by atoms with Gasteiger partial charge in [-0.1, -0.05) is 17.8 Å². The zero-order valence-corrected chi connectivity index (χ0v) is 9.60. The summed E-state index contributed by atoms with van der Waals surface area (Å²) >= 11 is 2.91. The Labute approximate surface area is 96.0 Å². The van der Waals surface area contributed by atoms with Crippen LogP contribution in [-0.4, -0.2) is 9.36 Å². The lowest BCUT2D eigenvalue weighted by Gasteiger charge is -1.96. The van der Waals surface area contributed by atoms with Gasteiger partial charge in [0.25, 0.3) is 0 Å². The minimum absolute atomic E-state index is 0.668. The van der Waals surface area contributed by atoms with Crippen LogP contribution >= 0.6 is 23.3 Å². The van der Waals surface area contributed by atoms with Gasteiger partial charge in [0.05, 0.1) is 11.6 Å². The molecule has 0 atom stereocenters. The van der Waals surface area contributed by atoms with Crippen molar-refractivity contribution in [3.05, 3.63) is 35.7 Å². The van der Waals surface area contributed by atoms with Crippen molar-refractivity contribution < 1.29 is 0 Å². The second-order valence-electron chi connectivity index (χ2n) is 2.85. The SMILES string of the molecule is Cc1nsc(Sc2cccc(C#N)c2)n1. The standard InChI is InChI=1S/C10H7N3S2/c1-7-12-10(15-13-7)14-9-4-2-3-8(5-9)6-11/h2-5H,1H3. The highest BCUT2D eigenvalue weighted by Crippen LogP contribution is 2.29. The first-order valence-electron chi connectivity index (χ1n) is 4.26. The maximum atomic E-state index is 8.75. The van der Waals surface area contributed by atoms with Crippen LogP contribution in [0.3, 0.4) is 0 Å². The van der Waals surface area contributed by atoms with E-state index in [2.05, 4.69) is 15.4 Å². The predicted molar refractivity (Wildman–Crippen MR) is 59.9 cm³/mol. The van der Waals surface area contributed by atoms with Crippen LogP contribution in [0.5, 0.6) is 0 Å². The van der Waals surface area contributed by atoms with E-state index in [0.717, 1.165) is 15.1 Å². The maximum absolute atomic E-state index is 8.75. The lowest BCUT2D eigenvalue weighted by molar-refractivity contribution is 1.10. The van der Waals surface area contributed by atoms with Gasteiger partial charge in [0.15, 0.2) is 4.34 Å². The van der Waals surface area contributed by atoms with Crippen molar-refractivity contribution in [2.24, 2.45) is 0 Å². The Balaban J connectivity index is 2.21. The summed E-state index contributed by atoms with van der Waals surface area (Å²) in [6.45, 7) is 1.87. The molecular formula is C10H7N3S2. The van der Waals surface area contributed by atoms with E-state index in [1.54, 1.807) is 6.07 Å². The third kappa shape index (κ3) is 2.55. The molecule has 0 aliphatic heterocycles. The molecule has 1 aromatic heterocycles. The van der Waals surface area contributed by atoms with Crippen molar-refractivity contribution in [3.8, 4) is 6.07 Å². The molecule has 0 saturated heterocycles. The van der Waals surface area contributed by atoms with Crippen LogP contribution in [0, 0.1) is 18.3 Å². The zero-order chi connectivity index (χ0) is 10.7. The summed E-state index contributed by atoms with van der Waals surface area (Å²) in [7, 11) is 0. The van der Waals surface area contributed by atoms with Crippen LogP contribution in [0.4, 0.5) is 0 Å². The molecule has 0 saturated carbocycles. The molecule has 74 valence electrons. The zero-order valence-electron chi connectivity index (χ0n) is 7.97. The van der Waals surface area contributed by atoms with E-state index in [-0.39, 0.29) is 0 Å².